The van der Waals surface area contributed by atoms with Crippen LogP contribution in [0.3, 0.4) is 0 Å². The van der Waals surface area contributed by atoms with Crippen LogP contribution in [0.2, 0.25) is 0 Å². The topological polar surface area (TPSA) is 80.8 Å². The Labute approximate surface area is 262 Å². The third-order valence-corrected chi connectivity index (χ3v) is 8.71. The summed E-state index contributed by atoms with van der Waals surface area (Å²) in [5, 5.41) is 3.02. The van der Waals surface area contributed by atoms with Gasteiger partial charge in [-0.1, -0.05) is 42.5 Å². The van der Waals surface area contributed by atoms with Crippen LogP contribution in [-0.2, 0) is 20.8 Å². The van der Waals surface area contributed by atoms with E-state index in [0.717, 1.165) is 65.3 Å². The Balaban J connectivity index is 1.56. The molecule has 44 heavy (non-hydrogen) atoms. The Bertz CT molecular complexity index is 1480. The summed E-state index contributed by atoms with van der Waals surface area (Å²) in [4.78, 5) is 34.1. The molecule has 5 rings (SSSR count). The Kier molecular flexibility index (Phi) is 9.17. The normalized spacial score (nSPS) is 16.6. The first kappa shape index (κ1) is 31.7. The first-order valence-corrected chi connectivity index (χ1v) is 15.9. The zero-order valence-corrected chi connectivity index (χ0v) is 27.3. The van der Waals surface area contributed by atoms with Gasteiger partial charge in [0.05, 0.1) is 17.4 Å². The van der Waals surface area contributed by atoms with Crippen LogP contribution in [0.5, 0.6) is 0 Å². The molecule has 2 fully saturated rings. The van der Waals surface area contributed by atoms with Crippen molar-refractivity contribution in [1.29, 1.82) is 0 Å². The second-order valence-corrected chi connectivity index (χ2v) is 13.7. The van der Waals surface area contributed by atoms with Crippen molar-refractivity contribution in [2.75, 3.05) is 18.0 Å². The van der Waals surface area contributed by atoms with Gasteiger partial charge in [0.15, 0.2) is 6.10 Å². The summed E-state index contributed by atoms with van der Waals surface area (Å²) in [6, 6.07) is 17.6. The molecule has 7 nitrogen and oxygen atoms in total. The molecule has 1 amide bonds. The predicted octanol–water partition coefficient (Wildman–Crippen LogP) is 7.48. The monoisotopic (exact) mass is 597 g/mol. The van der Waals surface area contributed by atoms with E-state index in [1.54, 1.807) is 0 Å². The molecular formula is C37H47N3O4. The number of hydrogen-bond acceptors (Lipinski definition) is 6. The third-order valence-electron chi connectivity index (χ3n) is 8.71. The molecule has 1 N–H and O–H groups in total. The number of aromatic nitrogens is 1. The summed E-state index contributed by atoms with van der Waals surface area (Å²) in [6.45, 7) is 15.9. The Morgan fingerprint density at radius 3 is 2.14 bits per heavy atom. The zero-order chi connectivity index (χ0) is 31.6. The van der Waals surface area contributed by atoms with Crippen LogP contribution < -0.4 is 10.2 Å². The van der Waals surface area contributed by atoms with Crippen molar-refractivity contribution in [3.05, 3.63) is 82.7 Å². The minimum atomic E-state index is -0.931. The molecule has 0 radical (unpaired) electrons. The molecule has 7 heteroatoms. The van der Waals surface area contributed by atoms with Gasteiger partial charge in [0.25, 0.3) is 5.91 Å². The molecular weight excluding hydrogens is 550 g/mol. The fourth-order valence-corrected chi connectivity index (χ4v) is 6.26. The average molecular weight is 598 g/mol. The lowest BCUT2D eigenvalue weighted by atomic mass is 9.89. The van der Waals surface area contributed by atoms with Gasteiger partial charge in [-0.25, -0.2) is 4.79 Å². The number of esters is 1. The molecule has 1 saturated carbocycles. The molecule has 1 aliphatic heterocycles. The maximum Gasteiger partial charge on any atom is 0.340 e. The number of benzene rings is 2. The lowest BCUT2D eigenvalue weighted by molar-refractivity contribution is -0.171. The van der Waals surface area contributed by atoms with Gasteiger partial charge in [0.1, 0.15) is 0 Å². The first-order chi connectivity index (χ1) is 20.9. The third kappa shape index (κ3) is 7.32. The van der Waals surface area contributed by atoms with Crippen LogP contribution in [-0.4, -0.2) is 41.7 Å². The number of nitrogens with zero attached hydrogens (tertiary/aromatic N) is 2. The standard InChI is InChI=1S/C37H47N3O4/c1-24(2)43-35(42)33(44-36(5,6)7)31-26(4)39-25(3)30(32(31)40-21-19-37(17-18-37)20-22-40)28-13-15-29(16-14-28)34(41)38-23-27-11-9-8-10-12-27/h8-16,24,33H,17-23H2,1-7H3,(H,38,41)/t33-/m0/s1. The van der Waals surface area contributed by atoms with Crippen molar-refractivity contribution in [1.82, 2.24) is 10.3 Å². The molecule has 1 aromatic heterocycles. The van der Waals surface area contributed by atoms with Crippen LogP contribution in [0.4, 0.5) is 5.69 Å². The summed E-state index contributed by atoms with van der Waals surface area (Å²) in [7, 11) is 0. The Morgan fingerprint density at radius 2 is 1.57 bits per heavy atom. The quantitative estimate of drug-likeness (QED) is 0.258. The largest absolute Gasteiger partial charge is 0.461 e. The van der Waals surface area contributed by atoms with Crippen LogP contribution in [0.1, 0.15) is 99.3 Å². The van der Waals surface area contributed by atoms with Crippen molar-refractivity contribution >= 4 is 17.6 Å². The van der Waals surface area contributed by atoms with Gasteiger partial charge in [-0.15, -0.1) is 0 Å². The van der Waals surface area contributed by atoms with Crippen molar-refractivity contribution < 1.29 is 19.1 Å². The second-order valence-electron chi connectivity index (χ2n) is 13.7. The molecule has 2 aliphatic rings. The van der Waals surface area contributed by atoms with Crippen LogP contribution >= 0.6 is 0 Å². The highest BCUT2D eigenvalue weighted by Crippen LogP contribution is 2.55. The Morgan fingerprint density at radius 1 is 0.932 bits per heavy atom. The van der Waals surface area contributed by atoms with E-state index in [0.29, 0.717) is 17.5 Å². The number of pyridine rings is 1. The van der Waals surface area contributed by atoms with Gasteiger partial charge in [-0.05, 0) is 103 Å². The maximum absolute atomic E-state index is 13.7. The summed E-state index contributed by atoms with van der Waals surface area (Å²) in [5.74, 6) is -0.530. The molecule has 3 aromatic rings. The van der Waals surface area contributed by atoms with Gasteiger partial charge in [-0.3, -0.25) is 9.78 Å². The van der Waals surface area contributed by atoms with E-state index < -0.39 is 17.7 Å². The van der Waals surface area contributed by atoms with Gasteiger partial charge >= 0.3 is 5.97 Å². The minimum Gasteiger partial charge on any atom is -0.461 e. The summed E-state index contributed by atoms with van der Waals surface area (Å²) in [5.41, 5.74) is 6.84. The van der Waals surface area contributed by atoms with Gasteiger partial charge in [0.2, 0.25) is 0 Å². The highest BCUT2D eigenvalue weighted by molar-refractivity contribution is 5.95. The zero-order valence-electron chi connectivity index (χ0n) is 27.3. The summed E-state index contributed by atoms with van der Waals surface area (Å²) >= 11 is 0. The summed E-state index contributed by atoms with van der Waals surface area (Å²) < 4.78 is 12.3. The van der Waals surface area contributed by atoms with Crippen LogP contribution in [0.15, 0.2) is 54.6 Å². The summed E-state index contributed by atoms with van der Waals surface area (Å²) in [6.07, 6.45) is 3.67. The van der Waals surface area contributed by atoms with Gasteiger partial charge in [-0.2, -0.15) is 0 Å². The van der Waals surface area contributed by atoms with Crippen molar-refractivity contribution in [2.24, 2.45) is 5.41 Å². The second kappa shape index (κ2) is 12.7. The SMILES string of the molecule is Cc1nc(C)c([C@H](OC(C)(C)C)C(=O)OC(C)C)c(N2CCC3(CC2)CC3)c1-c1ccc(C(=O)NCc2ccccc2)cc1. The van der Waals surface area contributed by atoms with Gasteiger partial charge < -0.3 is 19.7 Å². The number of carbonyl (C=O) groups is 2. The van der Waals surface area contributed by atoms with Crippen LogP contribution in [0, 0.1) is 19.3 Å². The van der Waals surface area contributed by atoms with Crippen LogP contribution in [0.25, 0.3) is 11.1 Å². The molecule has 0 unspecified atom stereocenters. The number of amides is 1. The van der Waals surface area contributed by atoms with Crippen molar-refractivity contribution in [3.8, 4) is 11.1 Å². The van der Waals surface area contributed by atoms with E-state index in [4.69, 9.17) is 14.5 Å². The number of hydrogen-bond donors (Lipinski definition) is 1. The van der Waals surface area contributed by atoms with E-state index in [2.05, 4.69) is 10.2 Å². The van der Waals surface area contributed by atoms with Crippen molar-refractivity contribution in [3.63, 3.8) is 0 Å². The molecule has 1 spiro atoms. The highest BCUT2D eigenvalue weighted by atomic mass is 16.6. The first-order valence-electron chi connectivity index (χ1n) is 15.9. The minimum absolute atomic E-state index is 0.124. The number of carbonyl (C=O) groups excluding carboxylic acids is 2. The predicted molar refractivity (Wildman–Crippen MR) is 175 cm³/mol. The number of piperidine rings is 1. The Hall–Kier alpha value is -3.71. The number of anilines is 1. The van der Waals surface area contributed by atoms with E-state index >= 15 is 0 Å². The number of nitrogens with one attached hydrogen (secondary N) is 1. The number of aryl methyl sites for hydroxylation is 2. The maximum atomic E-state index is 13.7. The van der Waals surface area contributed by atoms with E-state index in [-0.39, 0.29) is 12.0 Å². The van der Waals surface area contributed by atoms with Crippen molar-refractivity contribution in [2.45, 2.75) is 98.5 Å². The van der Waals surface area contributed by atoms with Gasteiger partial charge in [0, 0.05) is 47.7 Å². The average Bonchev–Trinajstić information content (AvgIpc) is 3.73. The molecule has 1 atom stereocenters. The smallest absolute Gasteiger partial charge is 0.340 e. The lowest BCUT2D eigenvalue weighted by Gasteiger charge is -2.39. The molecule has 234 valence electrons. The van der Waals surface area contributed by atoms with E-state index in [1.165, 1.54) is 12.8 Å². The lowest BCUT2D eigenvalue weighted by Crippen LogP contribution is -2.38. The fourth-order valence-electron chi connectivity index (χ4n) is 6.26. The van der Waals surface area contributed by atoms with E-state index in [9.17, 15) is 9.59 Å². The molecule has 2 aromatic carbocycles. The molecule has 0 bridgehead atoms. The molecule has 2 heterocycles. The molecule has 1 saturated heterocycles. The number of ether oxygens (including phenoxy) is 2. The molecule has 1 aliphatic carbocycles. The van der Waals surface area contributed by atoms with E-state index in [1.807, 2.05) is 103 Å². The number of rotatable bonds is 9. The fraction of sp³-hybridized carbons (Fsp3) is 0.486. The highest BCUT2D eigenvalue weighted by Gasteiger charge is 2.45.